The number of carbonyl (C=O) groups is 2. The van der Waals surface area contributed by atoms with Crippen LogP contribution in [0.4, 0.5) is 26.3 Å². The van der Waals surface area contributed by atoms with Gasteiger partial charge >= 0.3 is 18.3 Å². The Balaban J connectivity index is 1.60. The largest absolute Gasteiger partial charge is 0.490 e. The molecule has 0 bridgehead atoms. The highest BCUT2D eigenvalue weighted by atomic mass is 32.2. The predicted octanol–water partition coefficient (Wildman–Crippen LogP) is 6.77. The van der Waals surface area contributed by atoms with E-state index in [1.807, 2.05) is 0 Å². The third-order valence-corrected chi connectivity index (χ3v) is 7.90. The predicted molar refractivity (Wildman–Crippen MR) is 137 cm³/mol. The summed E-state index contributed by atoms with van der Waals surface area (Å²) < 4.78 is 96.0. The summed E-state index contributed by atoms with van der Waals surface area (Å²) in [5, 5.41) is 9.15. The highest BCUT2D eigenvalue weighted by molar-refractivity contribution is 7.99. The van der Waals surface area contributed by atoms with Gasteiger partial charge in [-0.3, -0.25) is 9.59 Å². The molecule has 1 amide bonds. The fraction of sp³-hybridized carbons (Fsp3) is 0.429. The maximum atomic E-state index is 14.2. The standard InChI is InChI=1S/C28H27F6NO5S/c29-27(30,31)24-17(7-11-23(36)35-12-14-39-15-13-35)6-10-22(25(24)28(32,33)34)41-21-3-1-2-20(16-21)40-19-8-4-18(5-9-19)26(37)38/h1-3,6-7,10-11,16,18-19H,4-5,8-9,12-15H2,(H,37,38)/b11-7+. The van der Waals surface area contributed by atoms with Crippen molar-refractivity contribution in [2.24, 2.45) is 5.92 Å². The fourth-order valence-electron chi connectivity index (χ4n) is 4.82. The molecule has 222 valence electrons. The molecule has 2 aromatic rings. The molecule has 0 radical (unpaired) electrons. The Kier molecular flexibility index (Phi) is 9.58. The summed E-state index contributed by atoms with van der Waals surface area (Å²) in [7, 11) is 0. The number of carbonyl (C=O) groups excluding carboxylic acids is 1. The van der Waals surface area contributed by atoms with E-state index in [-0.39, 0.29) is 37.3 Å². The first-order valence-corrected chi connectivity index (χ1v) is 13.7. The minimum absolute atomic E-state index is 0.227. The van der Waals surface area contributed by atoms with E-state index in [9.17, 15) is 35.9 Å². The molecule has 0 aromatic heterocycles. The van der Waals surface area contributed by atoms with Gasteiger partial charge in [-0.15, -0.1) is 0 Å². The number of hydrogen-bond donors (Lipinski definition) is 1. The molecule has 1 aliphatic heterocycles. The molecule has 41 heavy (non-hydrogen) atoms. The van der Waals surface area contributed by atoms with Crippen LogP contribution in [-0.4, -0.2) is 54.3 Å². The quantitative estimate of drug-likeness (QED) is 0.278. The monoisotopic (exact) mass is 603 g/mol. The van der Waals surface area contributed by atoms with Gasteiger partial charge in [-0.05, 0) is 61.6 Å². The molecule has 13 heteroatoms. The van der Waals surface area contributed by atoms with E-state index < -0.39 is 51.7 Å². The topological polar surface area (TPSA) is 76.1 Å². The molecule has 2 aliphatic rings. The van der Waals surface area contributed by atoms with E-state index >= 15 is 0 Å². The highest BCUT2D eigenvalue weighted by Gasteiger charge is 2.46. The highest BCUT2D eigenvalue weighted by Crippen LogP contribution is 2.48. The number of amides is 1. The molecule has 4 rings (SSSR count). The number of morpholine rings is 1. The second-order valence-corrected chi connectivity index (χ2v) is 10.8. The van der Waals surface area contributed by atoms with E-state index in [2.05, 4.69) is 0 Å². The average molecular weight is 604 g/mol. The van der Waals surface area contributed by atoms with Crippen molar-refractivity contribution in [2.75, 3.05) is 26.3 Å². The summed E-state index contributed by atoms with van der Waals surface area (Å²) in [6.45, 7) is 0.974. The SMILES string of the molecule is O=C(O)C1CCC(Oc2cccc(Sc3ccc(/C=C/C(=O)N4CCOCC4)c(C(F)(F)F)c3C(F)(F)F)c2)CC1. The maximum Gasteiger partial charge on any atom is 0.418 e. The molecular weight excluding hydrogens is 576 g/mol. The molecule has 0 atom stereocenters. The van der Waals surface area contributed by atoms with E-state index in [1.165, 1.54) is 23.1 Å². The second kappa shape index (κ2) is 12.8. The molecule has 1 saturated heterocycles. The number of nitrogens with zero attached hydrogens (tertiary/aromatic N) is 1. The van der Waals surface area contributed by atoms with Gasteiger partial charge < -0.3 is 19.5 Å². The van der Waals surface area contributed by atoms with E-state index in [1.54, 1.807) is 6.07 Å². The Bertz CT molecular complexity index is 1280. The number of carboxylic acids is 1. The van der Waals surface area contributed by atoms with Crippen LogP contribution in [0.5, 0.6) is 5.75 Å². The van der Waals surface area contributed by atoms with E-state index in [4.69, 9.17) is 14.6 Å². The van der Waals surface area contributed by atoms with Crippen LogP contribution in [0.2, 0.25) is 0 Å². The normalized spacial score (nSPS) is 20.3. The van der Waals surface area contributed by atoms with Crippen LogP contribution in [0, 0.1) is 5.92 Å². The summed E-state index contributed by atoms with van der Waals surface area (Å²) >= 11 is 0.517. The molecule has 2 aromatic carbocycles. The third kappa shape index (κ3) is 7.97. The Morgan fingerprint density at radius 1 is 0.951 bits per heavy atom. The van der Waals surface area contributed by atoms with Crippen molar-refractivity contribution in [2.45, 2.75) is 53.9 Å². The lowest BCUT2D eigenvalue weighted by molar-refractivity contribution is -0.163. The van der Waals surface area contributed by atoms with Crippen LogP contribution >= 0.6 is 11.8 Å². The average Bonchev–Trinajstić information content (AvgIpc) is 2.91. The van der Waals surface area contributed by atoms with Crippen molar-refractivity contribution in [3.05, 3.63) is 59.2 Å². The van der Waals surface area contributed by atoms with E-state index in [0.717, 1.165) is 24.3 Å². The van der Waals surface area contributed by atoms with Gasteiger partial charge in [0.1, 0.15) is 5.75 Å². The number of alkyl halides is 6. The minimum atomic E-state index is -5.36. The zero-order valence-corrected chi connectivity index (χ0v) is 22.5. The molecule has 0 spiro atoms. The van der Waals surface area contributed by atoms with Gasteiger partial charge in [0, 0.05) is 29.0 Å². The number of hydrogen-bond acceptors (Lipinski definition) is 5. The Hall–Kier alpha value is -3.19. The number of halogens is 6. The Labute approximate surface area is 236 Å². The number of ether oxygens (including phenoxy) is 2. The van der Waals surface area contributed by atoms with Crippen LogP contribution < -0.4 is 4.74 Å². The van der Waals surface area contributed by atoms with Crippen LogP contribution in [0.3, 0.4) is 0 Å². The first kappa shape index (κ1) is 30.8. The summed E-state index contributed by atoms with van der Waals surface area (Å²) in [4.78, 5) is 24.5. The zero-order valence-electron chi connectivity index (χ0n) is 21.6. The Morgan fingerprint density at radius 2 is 1.61 bits per heavy atom. The van der Waals surface area contributed by atoms with Crippen molar-refractivity contribution in [3.8, 4) is 5.75 Å². The van der Waals surface area contributed by atoms with Crippen molar-refractivity contribution in [3.63, 3.8) is 0 Å². The van der Waals surface area contributed by atoms with Crippen LogP contribution in [0.25, 0.3) is 6.08 Å². The van der Waals surface area contributed by atoms with Crippen molar-refractivity contribution >= 4 is 29.7 Å². The van der Waals surface area contributed by atoms with Crippen LogP contribution in [0.1, 0.15) is 42.4 Å². The van der Waals surface area contributed by atoms with Crippen LogP contribution in [0.15, 0.2) is 52.3 Å². The lowest BCUT2D eigenvalue weighted by Gasteiger charge is -2.27. The molecule has 1 saturated carbocycles. The van der Waals surface area contributed by atoms with Gasteiger partial charge in [-0.25, -0.2) is 0 Å². The minimum Gasteiger partial charge on any atom is -0.490 e. The van der Waals surface area contributed by atoms with Gasteiger partial charge in [0.25, 0.3) is 0 Å². The van der Waals surface area contributed by atoms with Gasteiger partial charge in [0.2, 0.25) is 5.91 Å². The summed E-state index contributed by atoms with van der Waals surface area (Å²) in [5.74, 6) is -1.62. The number of benzene rings is 2. The fourth-order valence-corrected chi connectivity index (χ4v) is 5.85. The summed E-state index contributed by atoms with van der Waals surface area (Å²) in [6, 6.07) is 7.88. The maximum absolute atomic E-state index is 14.2. The van der Waals surface area contributed by atoms with Gasteiger partial charge in [0.05, 0.1) is 36.4 Å². The number of aliphatic carboxylic acids is 1. The molecule has 1 N–H and O–H groups in total. The lowest BCUT2D eigenvalue weighted by atomic mass is 9.87. The molecule has 1 aliphatic carbocycles. The van der Waals surface area contributed by atoms with Crippen molar-refractivity contribution in [1.82, 2.24) is 4.90 Å². The van der Waals surface area contributed by atoms with Gasteiger partial charge in [-0.1, -0.05) is 23.9 Å². The first-order valence-electron chi connectivity index (χ1n) is 12.9. The van der Waals surface area contributed by atoms with E-state index in [0.29, 0.717) is 43.2 Å². The zero-order chi connectivity index (χ0) is 29.8. The molecule has 0 unspecified atom stereocenters. The summed E-state index contributed by atoms with van der Waals surface area (Å²) in [6.07, 6.45) is -7.53. The van der Waals surface area contributed by atoms with Gasteiger partial charge in [-0.2, -0.15) is 26.3 Å². The van der Waals surface area contributed by atoms with Crippen molar-refractivity contribution in [1.29, 1.82) is 0 Å². The van der Waals surface area contributed by atoms with Crippen molar-refractivity contribution < 1.29 is 50.5 Å². The van der Waals surface area contributed by atoms with Crippen LogP contribution in [-0.2, 0) is 26.7 Å². The molecule has 6 nitrogen and oxygen atoms in total. The Morgan fingerprint density at radius 3 is 2.22 bits per heavy atom. The lowest BCUT2D eigenvalue weighted by Crippen LogP contribution is -2.39. The van der Waals surface area contributed by atoms with Gasteiger partial charge in [0.15, 0.2) is 0 Å². The molecule has 2 fully saturated rings. The molecular formula is C28H27F6NO5S. The second-order valence-electron chi connectivity index (χ2n) is 9.68. The molecule has 1 heterocycles. The smallest absolute Gasteiger partial charge is 0.418 e. The number of carboxylic acid groups (broad SMARTS) is 1. The third-order valence-electron chi connectivity index (χ3n) is 6.85. The first-order chi connectivity index (χ1) is 19.3. The number of rotatable bonds is 7. The summed E-state index contributed by atoms with van der Waals surface area (Å²) in [5.41, 5.74) is -4.48.